The largest absolute Gasteiger partial charge is 0.359 e. The molecule has 4 nitrogen and oxygen atoms in total. The van der Waals surface area contributed by atoms with Crippen LogP contribution < -0.4 is 10.6 Å². The fraction of sp³-hybridized carbons (Fsp3) is 0.750. The average molecular weight is 172 g/mol. The molecule has 0 spiro atoms. The molecule has 0 unspecified atom stereocenters. The normalized spacial score (nSPS) is 9.08. The molecule has 0 saturated heterocycles. The Bertz CT molecular complexity index is 137. The summed E-state index contributed by atoms with van der Waals surface area (Å²) in [6.45, 7) is 0.706. The minimum Gasteiger partial charge on any atom is -0.359 e. The number of hydrogen-bond donors (Lipinski definition) is 2. The highest BCUT2D eigenvalue weighted by Crippen LogP contribution is 1.97. The summed E-state index contributed by atoms with van der Waals surface area (Å²) in [7, 11) is 1.64. The summed E-state index contributed by atoms with van der Waals surface area (Å²) in [6.07, 6.45) is 4.08. The molecule has 0 aromatic carbocycles. The molecule has 0 bridgehead atoms. The van der Waals surface area contributed by atoms with Gasteiger partial charge in [-0.05, 0) is 12.8 Å². The second-order valence-corrected chi connectivity index (χ2v) is 2.56. The van der Waals surface area contributed by atoms with Gasteiger partial charge >= 0.3 is 0 Å². The summed E-state index contributed by atoms with van der Waals surface area (Å²) in [4.78, 5) is 20.5. The molecular weight excluding hydrogens is 156 g/mol. The van der Waals surface area contributed by atoms with Crippen molar-refractivity contribution in [3.63, 3.8) is 0 Å². The fourth-order valence-electron chi connectivity index (χ4n) is 0.873. The average Bonchev–Trinajstić information content (AvgIpc) is 2.10. The molecule has 0 heterocycles. The molecule has 0 saturated carbocycles. The van der Waals surface area contributed by atoms with Crippen LogP contribution in [0, 0.1) is 0 Å². The first-order chi connectivity index (χ1) is 5.81. The van der Waals surface area contributed by atoms with Crippen molar-refractivity contribution in [1.29, 1.82) is 0 Å². The Balaban J connectivity index is 3.00. The van der Waals surface area contributed by atoms with Crippen molar-refractivity contribution in [3.05, 3.63) is 0 Å². The zero-order chi connectivity index (χ0) is 9.23. The molecule has 0 fully saturated rings. The number of carbonyl (C=O) groups excluding carboxylic acids is 2. The van der Waals surface area contributed by atoms with Crippen molar-refractivity contribution >= 4 is 12.3 Å². The third kappa shape index (κ3) is 7.05. The van der Waals surface area contributed by atoms with E-state index in [4.69, 9.17) is 0 Å². The molecule has 0 aliphatic carbocycles. The van der Waals surface area contributed by atoms with Crippen LogP contribution in [0.1, 0.15) is 25.7 Å². The van der Waals surface area contributed by atoms with Gasteiger partial charge in [0.1, 0.15) is 0 Å². The van der Waals surface area contributed by atoms with Crippen molar-refractivity contribution < 1.29 is 9.59 Å². The first-order valence-corrected chi connectivity index (χ1v) is 4.19. The number of hydrogen-bond acceptors (Lipinski definition) is 2. The van der Waals surface area contributed by atoms with Crippen molar-refractivity contribution in [2.24, 2.45) is 0 Å². The lowest BCUT2D eigenvalue weighted by Gasteiger charge is -1.99. The highest BCUT2D eigenvalue weighted by atomic mass is 16.1. The Morgan fingerprint density at radius 2 is 2.08 bits per heavy atom. The van der Waals surface area contributed by atoms with Gasteiger partial charge in [0.25, 0.3) is 0 Å². The van der Waals surface area contributed by atoms with E-state index in [2.05, 4.69) is 10.6 Å². The smallest absolute Gasteiger partial charge is 0.219 e. The maximum Gasteiger partial charge on any atom is 0.219 e. The molecule has 2 N–H and O–H groups in total. The Kier molecular flexibility index (Phi) is 7.33. The lowest BCUT2D eigenvalue weighted by molar-refractivity contribution is -0.120. The molecular formula is C8H16N2O2. The van der Waals surface area contributed by atoms with Crippen LogP contribution in [0.4, 0.5) is 0 Å². The van der Waals surface area contributed by atoms with Gasteiger partial charge in [0, 0.05) is 20.0 Å². The Morgan fingerprint density at radius 1 is 1.33 bits per heavy atom. The predicted octanol–water partition coefficient (Wildman–Crippen LogP) is 0.0388. The maximum atomic E-state index is 10.7. The van der Waals surface area contributed by atoms with E-state index in [1.54, 1.807) is 7.05 Å². The van der Waals surface area contributed by atoms with Gasteiger partial charge in [0.05, 0.1) is 0 Å². The third-order valence-electron chi connectivity index (χ3n) is 1.59. The predicted molar refractivity (Wildman–Crippen MR) is 46.6 cm³/mol. The second kappa shape index (κ2) is 8.04. The van der Waals surface area contributed by atoms with Gasteiger partial charge in [0.2, 0.25) is 12.3 Å². The van der Waals surface area contributed by atoms with Crippen LogP contribution in [0.3, 0.4) is 0 Å². The van der Waals surface area contributed by atoms with Crippen LogP contribution in [-0.4, -0.2) is 25.9 Å². The number of carbonyl (C=O) groups is 2. The SMILES string of the molecule is CNC(=O)CCCCCNC=O. The van der Waals surface area contributed by atoms with Crippen molar-refractivity contribution in [1.82, 2.24) is 10.6 Å². The van der Waals surface area contributed by atoms with Crippen molar-refractivity contribution in [3.8, 4) is 0 Å². The van der Waals surface area contributed by atoms with Gasteiger partial charge in [-0.1, -0.05) is 6.42 Å². The van der Waals surface area contributed by atoms with Gasteiger partial charge in [-0.2, -0.15) is 0 Å². The van der Waals surface area contributed by atoms with Gasteiger partial charge in [0.15, 0.2) is 0 Å². The quantitative estimate of drug-likeness (QED) is 0.421. The Hall–Kier alpha value is -1.06. The highest BCUT2D eigenvalue weighted by molar-refractivity contribution is 5.75. The lowest BCUT2D eigenvalue weighted by atomic mass is 10.2. The van der Waals surface area contributed by atoms with E-state index >= 15 is 0 Å². The van der Waals surface area contributed by atoms with Crippen LogP contribution >= 0.6 is 0 Å². The summed E-state index contributed by atoms with van der Waals surface area (Å²) in [6, 6.07) is 0. The monoisotopic (exact) mass is 172 g/mol. The van der Waals surface area contributed by atoms with E-state index in [1.165, 1.54) is 0 Å². The van der Waals surface area contributed by atoms with Crippen molar-refractivity contribution in [2.75, 3.05) is 13.6 Å². The summed E-state index contributed by atoms with van der Waals surface area (Å²) in [5.74, 6) is 0.0818. The van der Waals surface area contributed by atoms with Crippen LogP contribution in [-0.2, 0) is 9.59 Å². The summed E-state index contributed by atoms with van der Waals surface area (Å²) >= 11 is 0. The molecule has 0 aliphatic heterocycles. The van der Waals surface area contributed by atoms with Crippen molar-refractivity contribution in [2.45, 2.75) is 25.7 Å². The zero-order valence-corrected chi connectivity index (χ0v) is 7.43. The minimum atomic E-state index is 0.0818. The minimum absolute atomic E-state index is 0.0818. The van der Waals surface area contributed by atoms with Gasteiger partial charge < -0.3 is 10.6 Å². The molecule has 0 radical (unpaired) electrons. The van der Waals surface area contributed by atoms with Crippen LogP contribution in [0.2, 0.25) is 0 Å². The van der Waals surface area contributed by atoms with Crippen LogP contribution in [0.25, 0.3) is 0 Å². The molecule has 0 aliphatic rings. The zero-order valence-electron chi connectivity index (χ0n) is 7.43. The van der Waals surface area contributed by atoms with E-state index in [1.807, 2.05) is 0 Å². The van der Waals surface area contributed by atoms with E-state index in [-0.39, 0.29) is 5.91 Å². The van der Waals surface area contributed by atoms with Crippen LogP contribution in [0.5, 0.6) is 0 Å². The van der Waals surface area contributed by atoms with E-state index < -0.39 is 0 Å². The molecule has 70 valence electrons. The van der Waals surface area contributed by atoms with E-state index in [9.17, 15) is 9.59 Å². The Morgan fingerprint density at radius 3 is 2.67 bits per heavy atom. The van der Waals surface area contributed by atoms with Gasteiger partial charge in [-0.15, -0.1) is 0 Å². The Labute approximate surface area is 72.7 Å². The maximum absolute atomic E-state index is 10.7. The number of nitrogens with one attached hydrogen (secondary N) is 2. The third-order valence-corrected chi connectivity index (χ3v) is 1.59. The number of unbranched alkanes of at least 4 members (excludes halogenated alkanes) is 2. The molecule has 0 aromatic heterocycles. The highest BCUT2D eigenvalue weighted by Gasteiger charge is 1.96. The molecule has 0 rings (SSSR count). The van der Waals surface area contributed by atoms with Gasteiger partial charge in [-0.3, -0.25) is 9.59 Å². The molecule has 0 aromatic rings. The van der Waals surface area contributed by atoms with Gasteiger partial charge in [-0.25, -0.2) is 0 Å². The first kappa shape index (κ1) is 10.9. The summed E-state index contributed by atoms with van der Waals surface area (Å²) < 4.78 is 0. The first-order valence-electron chi connectivity index (χ1n) is 4.19. The number of amides is 2. The molecule has 2 amide bonds. The second-order valence-electron chi connectivity index (χ2n) is 2.56. The molecule has 0 atom stereocenters. The fourth-order valence-corrected chi connectivity index (χ4v) is 0.873. The number of rotatable bonds is 7. The topological polar surface area (TPSA) is 58.2 Å². The summed E-state index contributed by atoms with van der Waals surface area (Å²) in [5, 5.41) is 5.13. The summed E-state index contributed by atoms with van der Waals surface area (Å²) in [5.41, 5.74) is 0. The lowest BCUT2D eigenvalue weighted by Crippen LogP contribution is -2.17. The standard InChI is InChI=1S/C8H16N2O2/c1-9-8(12)5-3-2-4-6-10-7-11/h7H,2-6H2,1H3,(H,9,12)(H,10,11). The molecule has 4 heteroatoms. The molecule has 12 heavy (non-hydrogen) atoms. The van der Waals surface area contributed by atoms with E-state index in [0.717, 1.165) is 19.3 Å². The van der Waals surface area contributed by atoms with Crippen LogP contribution in [0.15, 0.2) is 0 Å². The van der Waals surface area contributed by atoms with E-state index in [0.29, 0.717) is 19.4 Å².